The van der Waals surface area contributed by atoms with E-state index in [1.165, 1.54) is 42.4 Å². The fraction of sp³-hybridized carbons (Fsp3) is 0.364. The molecule has 6 heteroatoms. The molecule has 0 spiro atoms. The second kappa shape index (κ2) is 7.43. The number of ether oxygens (including phenoxy) is 1. The van der Waals surface area contributed by atoms with Gasteiger partial charge in [0.15, 0.2) is 5.13 Å². The molecule has 0 radical (unpaired) electrons. The molecule has 0 saturated heterocycles. The highest BCUT2D eigenvalue weighted by molar-refractivity contribution is 7.22. The monoisotopic (exact) mass is 392 g/mol. The minimum atomic E-state index is 0.585. The predicted molar refractivity (Wildman–Crippen MR) is 115 cm³/mol. The Kier molecular flexibility index (Phi) is 4.64. The minimum Gasteiger partial charge on any atom is -0.495 e. The Morgan fingerprint density at radius 1 is 1.18 bits per heavy atom. The number of imidazole rings is 1. The Hall–Kier alpha value is -2.60. The summed E-state index contributed by atoms with van der Waals surface area (Å²) >= 11 is 1.76. The zero-order valence-electron chi connectivity index (χ0n) is 16.0. The highest BCUT2D eigenvalue weighted by Gasteiger charge is 2.15. The van der Waals surface area contributed by atoms with Gasteiger partial charge in [-0.25, -0.2) is 9.97 Å². The number of thiazole rings is 1. The predicted octanol–water partition coefficient (Wildman–Crippen LogP) is 5.29. The highest BCUT2D eigenvalue weighted by atomic mass is 32.1. The van der Waals surface area contributed by atoms with Gasteiger partial charge in [-0.3, -0.25) is 0 Å². The minimum absolute atomic E-state index is 0.585. The number of benzene rings is 1. The maximum absolute atomic E-state index is 5.36. The number of methoxy groups -OCH3 is 1. The molecule has 1 saturated carbocycles. The first kappa shape index (κ1) is 17.5. The van der Waals surface area contributed by atoms with E-state index >= 15 is 0 Å². The smallest absolute Gasteiger partial charge is 0.184 e. The molecule has 5 rings (SSSR count). The fourth-order valence-electron chi connectivity index (χ4n) is 4.03. The van der Waals surface area contributed by atoms with Crippen molar-refractivity contribution >= 4 is 32.3 Å². The van der Waals surface area contributed by atoms with Gasteiger partial charge >= 0.3 is 0 Å². The fourth-order valence-corrected chi connectivity index (χ4v) is 5.04. The second-order valence-corrected chi connectivity index (χ2v) is 8.55. The first-order valence-corrected chi connectivity index (χ1v) is 10.8. The lowest BCUT2D eigenvalue weighted by molar-refractivity contribution is 0.412. The molecule has 28 heavy (non-hydrogen) atoms. The average Bonchev–Trinajstić information content (AvgIpc) is 3.31. The van der Waals surface area contributed by atoms with Crippen molar-refractivity contribution in [2.75, 3.05) is 12.4 Å². The van der Waals surface area contributed by atoms with Crippen molar-refractivity contribution in [1.82, 2.24) is 14.4 Å². The molecule has 4 aromatic rings. The lowest BCUT2D eigenvalue weighted by atomic mass is 9.96. The summed E-state index contributed by atoms with van der Waals surface area (Å²) in [5.74, 6) is 0.836. The van der Waals surface area contributed by atoms with Gasteiger partial charge in [0.1, 0.15) is 11.4 Å². The van der Waals surface area contributed by atoms with E-state index in [1.54, 1.807) is 18.4 Å². The van der Waals surface area contributed by atoms with Crippen LogP contribution in [0.25, 0.3) is 15.9 Å². The molecule has 3 aromatic heterocycles. The molecule has 1 N–H and O–H groups in total. The van der Waals surface area contributed by atoms with Crippen LogP contribution in [0, 0.1) is 0 Å². The summed E-state index contributed by atoms with van der Waals surface area (Å²) in [6, 6.07) is 11.1. The Morgan fingerprint density at radius 2 is 2.07 bits per heavy atom. The van der Waals surface area contributed by atoms with Gasteiger partial charge in [0.25, 0.3) is 0 Å². The zero-order chi connectivity index (χ0) is 18.9. The van der Waals surface area contributed by atoms with Crippen LogP contribution in [0.1, 0.15) is 43.4 Å². The van der Waals surface area contributed by atoms with Crippen molar-refractivity contribution in [2.24, 2.45) is 0 Å². The lowest BCUT2D eigenvalue weighted by Crippen LogP contribution is -2.21. The molecule has 0 amide bonds. The van der Waals surface area contributed by atoms with Gasteiger partial charge in [-0.05, 0) is 42.7 Å². The topological polar surface area (TPSA) is 51.5 Å². The van der Waals surface area contributed by atoms with Crippen molar-refractivity contribution in [3.63, 3.8) is 0 Å². The van der Waals surface area contributed by atoms with Crippen molar-refractivity contribution in [2.45, 2.75) is 44.6 Å². The van der Waals surface area contributed by atoms with E-state index in [9.17, 15) is 0 Å². The number of anilines is 1. The molecule has 0 aliphatic heterocycles. The Bertz CT molecular complexity index is 1110. The molecule has 1 aliphatic rings. The summed E-state index contributed by atoms with van der Waals surface area (Å²) in [5, 5.41) is 4.71. The number of nitrogens with zero attached hydrogens (tertiary/aromatic N) is 3. The largest absolute Gasteiger partial charge is 0.495 e. The van der Waals surface area contributed by atoms with E-state index in [-0.39, 0.29) is 0 Å². The maximum Gasteiger partial charge on any atom is 0.184 e. The van der Waals surface area contributed by atoms with Gasteiger partial charge in [-0.15, -0.1) is 0 Å². The summed E-state index contributed by atoms with van der Waals surface area (Å²) in [6.45, 7) is 0. The van der Waals surface area contributed by atoms with E-state index in [0.717, 1.165) is 34.2 Å². The van der Waals surface area contributed by atoms with Crippen LogP contribution in [0.3, 0.4) is 0 Å². The van der Waals surface area contributed by atoms with Gasteiger partial charge in [0.2, 0.25) is 0 Å². The van der Waals surface area contributed by atoms with Gasteiger partial charge in [0.05, 0.1) is 23.5 Å². The molecule has 1 fully saturated rings. The van der Waals surface area contributed by atoms with Crippen molar-refractivity contribution < 1.29 is 4.74 Å². The number of nitrogens with one attached hydrogen (secondary N) is 1. The van der Waals surface area contributed by atoms with Gasteiger partial charge in [-0.2, -0.15) is 0 Å². The van der Waals surface area contributed by atoms with E-state index in [4.69, 9.17) is 9.72 Å². The van der Waals surface area contributed by atoms with Crippen molar-refractivity contribution in [3.8, 4) is 5.75 Å². The van der Waals surface area contributed by atoms with Crippen LogP contribution in [0.2, 0.25) is 0 Å². The normalized spacial score (nSPS) is 15.3. The third-order valence-corrected chi connectivity index (χ3v) is 6.51. The van der Waals surface area contributed by atoms with Crippen LogP contribution < -0.4 is 10.1 Å². The van der Waals surface area contributed by atoms with Crippen molar-refractivity contribution in [1.29, 1.82) is 0 Å². The molecule has 5 nitrogen and oxygen atoms in total. The molecular formula is C22H24N4OS. The van der Waals surface area contributed by atoms with Crippen LogP contribution in [0.5, 0.6) is 5.75 Å². The SMILES string of the molecule is COc1ccc2ncc(Cc3ccc4nc(NC5CCCCC5)sc4c3)n2c1. The summed E-state index contributed by atoms with van der Waals surface area (Å²) in [6.07, 6.45) is 11.3. The number of aromatic nitrogens is 3. The summed E-state index contributed by atoms with van der Waals surface area (Å²) in [4.78, 5) is 9.30. The van der Waals surface area contributed by atoms with Gasteiger partial charge in [-0.1, -0.05) is 36.7 Å². The van der Waals surface area contributed by atoms with Crippen LogP contribution in [0.4, 0.5) is 5.13 Å². The quantitative estimate of drug-likeness (QED) is 0.501. The highest BCUT2D eigenvalue weighted by Crippen LogP contribution is 2.30. The first-order valence-electron chi connectivity index (χ1n) is 9.94. The van der Waals surface area contributed by atoms with Crippen LogP contribution >= 0.6 is 11.3 Å². The van der Waals surface area contributed by atoms with Crippen LogP contribution in [-0.4, -0.2) is 27.5 Å². The number of rotatable bonds is 5. The molecule has 0 bridgehead atoms. The Labute approximate surface area is 168 Å². The number of fused-ring (bicyclic) bond motifs is 2. The molecule has 3 heterocycles. The molecule has 0 unspecified atom stereocenters. The summed E-state index contributed by atoms with van der Waals surface area (Å²) in [7, 11) is 1.69. The standard InChI is InChI=1S/C22H24N4OS/c1-27-18-8-10-21-23-13-17(26(21)14-18)11-15-7-9-19-20(12-15)28-22(25-19)24-16-5-3-2-4-6-16/h7-10,12-14,16H,2-6,11H2,1H3,(H,24,25). The summed E-state index contributed by atoms with van der Waals surface area (Å²) in [5.41, 5.74) is 4.43. The van der Waals surface area contributed by atoms with E-state index < -0.39 is 0 Å². The van der Waals surface area contributed by atoms with Crippen molar-refractivity contribution in [3.05, 3.63) is 54.0 Å². The third kappa shape index (κ3) is 3.44. The second-order valence-electron chi connectivity index (χ2n) is 7.52. The average molecular weight is 393 g/mol. The van der Waals surface area contributed by atoms with Gasteiger partial charge in [0, 0.05) is 24.4 Å². The molecule has 1 aliphatic carbocycles. The lowest BCUT2D eigenvalue weighted by Gasteiger charge is -2.22. The molecule has 0 atom stereocenters. The Morgan fingerprint density at radius 3 is 2.93 bits per heavy atom. The number of pyridine rings is 1. The van der Waals surface area contributed by atoms with Gasteiger partial charge < -0.3 is 14.5 Å². The number of hydrogen-bond acceptors (Lipinski definition) is 5. The molecular weight excluding hydrogens is 368 g/mol. The Balaban J connectivity index is 1.39. The van der Waals surface area contributed by atoms with E-state index in [2.05, 4.69) is 32.9 Å². The first-order chi connectivity index (χ1) is 13.8. The van der Waals surface area contributed by atoms with Crippen LogP contribution in [0.15, 0.2) is 42.7 Å². The molecule has 1 aromatic carbocycles. The summed E-state index contributed by atoms with van der Waals surface area (Å²) < 4.78 is 8.70. The maximum atomic E-state index is 5.36. The van der Waals surface area contributed by atoms with E-state index in [0.29, 0.717) is 6.04 Å². The van der Waals surface area contributed by atoms with E-state index in [1.807, 2.05) is 24.5 Å². The third-order valence-electron chi connectivity index (χ3n) is 5.56. The number of hydrogen-bond donors (Lipinski definition) is 1. The van der Waals surface area contributed by atoms with Crippen LogP contribution in [-0.2, 0) is 6.42 Å². The molecule has 144 valence electrons. The zero-order valence-corrected chi connectivity index (χ0v) is 16.8.